The van der Waals surface area contributed by atoms with Crippen molar-refractivity contribution in [1.29, 1.82) is 0 Å². The van der Waals surface area contributed by atoms with Gasteiger partial charge in [-0.3, -0.25) is 4.79 Å². The molecule has 0 aromatic rings. The van der Waals surface area contributed by atoms with Crippen LogP contribution >= 0.6 is 0 Å². The number of carbonyl (C=O) groups is 1. The van der Waals surface area contributed by atoms with Crippen LogP contribution in [0.2, 0.25) is 0 Å². The predicted molar refractivity (Wildman–Crippen MR) is 68.6 cm³/mol. The second-order valence-electron chi connectivity index (χ2n) is 5.00. The highest BCUT2D eigenvalue weighted by molar-refractivity contribution is 5.79. The van der Waals surface area contributed by atoms with Crippen LogP contribution in [0.5, 0.6) is 0 Å². The Kier molecular flexibility index (Phi) is 5.40. The summed E-state index contributed by atoms with van der Waals surface area (Å²) in [6.07, 6.45) is 3.57. The highest BCUT2D eigenvalue weighted by Crippen LogP contribution is 2.23. The maximum atomic E-state index is 12.0. The largest absolute Gasteiger partial charge is 0.377 e. The van der Waals surface area contributed by atoms with E-state index in [1.54, 1.807) is 0 Å². The molecule has 0 aliphatic carbocycles. The molecule has 2 atom stereocenters. The first kappa shape index (κ1) is 14.5. The fourth-order valence-corrected chi connectivity index (χ4v) is 2.24. The molecule has 1 rings (SSSR count). The van der Waals surface area contributed by atoms with Gasteiger partial charge in [0.15, 0.2) is 0 Å². The standard InChI is InChI=1S/C13H26N2O2/c1-4-11-10(7-8-17-11)12(16)15-9-13(14,5-2)6-3/h10-11H,4-9,14H2,1-3H3,(H,15,16). The number of amides is 1. The highest BCUT2D eigenvalue weighted by atomic mass is 16.5. The Bertz CT molecular complexity index is 252. The normalized spacial score (nSPS) is 24.9. The van der Waals surface area contributed by atoms with Gasteiger partial charge in [0.25, 0.3) is 0 Å². The maximum Gasteiger partial charge on any atom is 0.225 e. The highest BCUT2D eigenvalue weighted by Gasteiger charge is 2.33. The van der Waals surface area contributed by atoms with E-state index in [0.717, 1.165) is 25.7 Å². The van der Waals surface area contributed by atoms with E-state index in [2.05, 4.69) is 26.1 Å². The molecule has 100 valence electrons. The lowest BCUT2D eigenvalue weighted by Gasteiger charge is -2.28. The zero-order valence-electron chi connectivity index (χ0n) is 11.3. The van der Waals surface area contributed by atoms with Crippen molar-refractivity contribution in [2.24, 2.45) is 11.7 Å². The van der Waals surface area contributed by atoms with Crippen LogP contribution in [0.15, 0.2) is 0 Å². The second-order valence-corrected chi connectivity index (χ2v) is 5.00. The third kappa shape index (κ3) is 3.68. The molecule has 1 aliphatic heterocycles. The Hall–Kier alpha value is -0.610. The summed E-state index contributed by atoms with van der Waals surface area (Å²) in [7, 11) is 0. The molecule has 3 N–H and O–H groups in total. The molecule has 17 heavy (non-hydrogen) atoms. The quantitative estimate of drug-likeness (QED) is 0.740. The van der Waals surface area contributed by atoms with Gasteiger partial charge in [-0.2, -0.15) is 0 Å². The van der Waals surface area contributed by atoms with E-state index in [1.165, 1.54) is 0 Å². The number of carbonyl (C=O) groups excluding carboxylic acids is 1. The van der Waals surface area contributed by atoms with Crippen LogP contribution in [0.4, 0.5) is 0 Å². The Balaban J connectivity index is 2.44. The summed E-state index contributed by atoms with van der Waals surface area (Å²) in [6, 6.07) is 0. The number of nitrogens with two attached hydrogens (primary N) is 1. The van der Waals surface area contributed by atoms with Gasteiger partial charge in [0.05, 0.1) is 12.0 Å². The number of ether oxygens (including phenoxy) is 1. The van der Waals surface area contributed by atoms with Crippen LogP contribution in [0.25, 0.3) is 0 Å². The third-order valence-electron chi connectivity index (χ3n) is 3.97. The van der Waals surface area contributed by atoms with Crippen LogP contribution < -0.4 is 11.1 Å². The molecule has 1 amide bonds. The molecule has 1 fully saturated rings. The Morgan fingerprint density at radius 1 is 1.41 bits per heavy atom. The van der Waals surface area contributed by atoms with E-state index < -0.39 is 0 Å². The molecule has 0 radical (unpaired) electrons. The molecule has 4 heteroatoms. The average molecular weight is 242 g/mol. The van der Waals surface area contributed by atoms with Crippen LogP contribution in [0, 0.1) is 5.92 Å². The van der Waals surface area contributed by atoms with Crippen molar-refractivity contribution in [3.05, 3.63) is 0 Å². The molecular formula is C13H26N2O2. The van der Waals surface area contributed by atoms with E-state index >= 15 is 0 Å². The lowest BCUT2D eigenvalue weighted by atomic mass is 9.93. The minimum Gasteiger partial charge on any atom is -0.377 e. The first-order chi connectivity index (χ1) is 8.06. The van der Waals surface area contributed by atoms with Gasteiger partial charge >= 0.3 is 0 Å². The van der Waals surface area contributed by atoms with Gasteiger partial charge in [-0.15, -0.1) is 0 Å². The number of hydrogen-bond acceptors (Lipinski definition) is 3. The summed E-state index contributed by atoms with van der Waals surface area (Å²) in [5.41, 5.74) is 5.90. The average Bonchev–Trinajstić information content (AvgIpc) is 2.83. The minimum absolute atomic E-state index is 0.0120. The molecular weight excluding hydrogens is 216 g/mol. The Morgan fingerprint density at radius 2 is 2.06 bits per heavy atom. The summed E-state index contributed by atoms with van der Waals surface area (Å²) in [5, 5.41) is 2.99. The molecule has 0 bridgehead atoms. The van der Waals surface area contributed by atoms with Crippen molar-refractivity contribution in [1.82, 2.24) is 5.32 Å². The molecule has 0 saturated carbocycles. The van der Waals surface area contributed by atoms with Crippen LogP contribution in [-0.2, 0) is 9.53 Å². The van der Waals surface area contributed by atoms with Gasteiger partial charge in [0.2, 0.25) is 5.91 Å². The molecule has 1 aliphatic rings. The third-order valence-corrected chi connectivity index (χ3v) is 3.97. The van der Waals surface area contributed by atoms with Crippen molar-refractivity contribution in [2.45, 2.75) is 58.1 Å². The van der Waals surface area contributed by atoms with Gasteiger partial charge in [0.1, 0.15) is 0 Å². The van der Waals surface area contributed by atoms with Gasteiger partial charge in [-0.05, 0) is 25.7 Å². The summed E-state index contributed by atoms with van der Waals surface area (Å²) in [4.78, 5) is 12.0. The van der Waals surface area contributed by atoms with Gasteiger partial charge in [0, 0.05) is 18.7 Å². The van der Waals surface area contributed by atoms with Crippen molar-refractivity contribution >= 4 is 5.91 Å². The molecule has 1 saturated heterocycles. The Labute approximate surface area is 104 Å². The van der Waals surface area contributed by atoms with Gasteiger partial charge in [-0.1, -0.05) is 20.8 Å². The lowest BCUT2D eigenvalue weighted by molar-refractivity contribution is -0.127. The SMILES string of the molecule is CCC1OCCC1C(=O)NCC(N)(CC)CC. The van der Waals surface area contributed by atoms with E-state index in [-0.39, 0.29) is 23.5 Å². The van der Waals surface area contributed by atoms with Gasteiger partial charge in [-0.25, -0.2) is 0 Å². The fourth-order valence-electron chi connectivity index (χ4n) is 2.24. The number of hydrogen-bond donors (Lipinski definition) is 2. The molecule has 4 nitrogen and oxygen atoms in total. The monoisotopic (exact) mass is 242 g/mol. The van der Waals surface area contributed by atoms with Crippen molar-refractivity contribution < 1.29 is 9.53 Å². The summed E-state index contributed by atoms with van der Waals surface area (Å²) in [5.74, 6) is 0.115. The van der Waals surface area contributed by atoms with Crippen molar-refractivity contribution in [2.75, 3.05) is 13.2 Å². The molecule has 0 aromatic heterocycles. The fraction of sp³-hybridized carbons (Fsp3) is 0.923. The minimum atomic E-state index is -0.267. The Morgan fingerprint density at radius 3 is 2.59 bits per heavy atom. The van der Waals surface area contributed by atoms with Crippen LogP contribution in [-0.4, -0.2) is 30.7 Å². The van der Waals surface area contributed by atoms with E-state index in [0.29, 0.717) is 13.2 Å². The zero-order chi connectivity index (χ0) is 12.9. The van der Waals surface area contributed by atoms with Crippen molar-refractivity contribution in [3.63, 3.8) is 0 Å². The summed E-state index contributed by atoms with van der Waals surface area (Å²) >= 11 is 0. The first-order valence-electron chi connectivity index (χ1n) is 6.74. The lowest BCUT2D eigenvalue weighted by Crippen LogP contribution is -2.50. The van der Waals surface area contributed by atoms with E-state index in [1.807, 2.05) is 0 Å². The first-order valence-corrected chi connectivity index (χ1v) is 6.74. The van der Waals surface area contributed by atoms with E-state index in [4.69, 9.17) is 10.5 Å². The maximum absolute atomic E-state index is 12.0. The van der Waals surface area contributed by atoms with Crippen molar-refractivity contribution in [3.8, 4) is 0 Å². The van der Waals surface area contributed by atoms with Crippen LogP contribution in [0.3, 0.4) is 0 Å². The van der Waals surface area contributed by atoms with Gasteiger partial charge < -0.3 is 15.8 Å². The predicted octanol–water partition coefficient (Wildman–Crippen LogP) is 1.44. The summed E-state index contributed by atoms with van der Waals surface area (Å²) in [6.45, 7) is 7.44. The smallest absolute Gasteiger partial charge is 0.225 e. The topological polar surface area (TPSA) is 64.3 Å². The number of nitrogens with one attached hydrogen (secondary N) is 1. The molecule has 1 heterocycles. The molecule has 2 unspecified atom stereocenters. The van der Waals surface area contributed by atoms with Crippen LogP contribution in [0.1, 0.15) is 46.5 Å². The second kappa shape index (κ2) is 6.36. The molecule has 0 aromatic carbocycles. The zero-order valence-corrected chi connectivity index (χ0v) is 11.3. The molecule has 0 spiro atoms. The number of rotatable bonds is 6. The summed E-state index contributed by atoms with van der Waals surface area (Å²) < 4.78 is 5.53. The van der Waals surface area contributed by atoms with E-state index in [9.17, 15) is 4.79 Å².